The lowest BCUT2D eigenvalue weighted by molar-refractivity contribution is 0.220. The first kappa shape index (κ1) is 24.9. The minimum absolute atomic E-state index is 0. The van der Waals surface area contributed by atoms with Crippen molar-refractivity contribution >= 4 is 0 Å². The fourth-order valence-electron chi connectivity index (χ4n) is 1.56. The highest BCUT2D eigenvalue weighted by molar-refractivity contribution is 5.19. The molecule has 0 spiro atoms. The summed E-state index contributed by atoms with van der Waals surface area (Å²) in [5, 5.41) is 0. The zero-order valence-corrected chi connectivity index (χ0v) is 12.7. The van der Waals surface area contributed by atoms with E-state index in [1.54, 1.807) is 25.2 Å². The van der Waals surface area contributed by atoms with Gasteiger partial charge in [0.05, 0.1) is 6.61 Å². The van der Waals surface area contributed by atoms with Crippen LogP contribution >= 0.6 is 0 Å². The van der Waals surface area contributed by atoms with Crippen molar-refractivity contribution in [3.63, 3.8) is 0 Å². The summed E-state index contributed by atoms with van der Waals surface area (Å²) in [7, 11) is 0. The van der Waals surface area contributed by atoms with Gasteiger partial charge in [0.15, 0.2) is 0 Å². The van der Waals surface area contributed by atoms with Crippen LogP contribution in [0.15, 0.2) is 66.5 Å². The maximum atomic E-state index is 12.3. The first-order chi connectivity index (χ1) is 9.26. The molecule has 0 unspecified atom stereocenters. The first-order valence-electron chi connectivity index (χ1n) is 6.49. The Morgan fingerprint density at radius 2 is 1.77 bits per heavy atom. The molecule has 1 aromatic rings. The smallest absolute Gasteiger partial charge is 0.118 e. The van der Waals surface area contributed by atoms with Gasteiger partial charge in [0.2, 0.25) is 0 Å². The number of ether oxygens (including phenoxy) is 1. The Hall–Kier alpha value is -2.04. The Labute approximate surface area is 129 Å². The van der Waals surface area contributed by atoms with Gasteiger partial charge in [-0.15, -0.1) is 0 Å². The molecule has 0 atom stereocenters. The van der Waals surface area contributed by atoms with Crippen molar-refractivity contribution in [2.24, 2.45) is 0 Å². The van der Waals surface area contributed by atoms with E-state index in [9.17, 15) is 4.39 Å². The second-order valence-corrected chi connectivity index (χ2v) is 4.36. The van der Waals surface area contributed by atoms with Gasteiger partial charge >= 0.3 is 0 Å². The lowest BCUT2D eigenvalue weighted by Crippen LogP contribution is -1.95. The standard InChI is InChI=1S/C17H21FO.3FH/c1-3-17(12-11-15(2)14-18)19-13-7-10-16-8-5-4-6-9-16;;;/h3-6,8-9,11-12H,1,7,10,13-14H2,2H3;3*1H/b15-11-,17-12+;;;. The molecule has 0 aliphatic rings. The molecule has 0 bridgehead atoms. The van der Waals surface area contributed by atoms with Gasteiger partial charge < -0.3 is 4.74 Å². The fourth-order valence-corrected chi connectivity index (χ4v) is 1.56. The Morgan fingerprint density at radius 3 is 2.32 bits per heavy atom. The molecular weight excluding hydrogens is 296 g/mol. The predicted molar refractivity (Wildman–Crippen MR) is 86.2 cm³/mol. The topological polar surface area (TPSA) is 9.23 Å². The Kier molecular flexibility index (Phi) is 17.4. The maximum absolute atomic E-state index is 12.3. The van der Waals surface area contributed by atoms with Crippen molar-refractivity contribution in [2.45, 2.75) is 19.8 Å². The van der Waals surface area contributed by atoms with E-state index >= 15 is 0 Å². The third-order valence-corrected chi connectivity index (χ3v) is 2.67. The molecule has 0 aliphatic carbocycles. The monoisotopic (exact) mass is 320 g/mol. The van der Waals surface area contributed by atoms with Crippen molar-refractivity contribution in [2.75, 3.05) is 13.3 Å². The molecule has 0 radical (unpaired) electrons. The minimum Gasteiger partial charge on any atom is -0.494 e. The van der Waals surface area contributed by atoms with Gasteiger partial charge in [0.25, 0.3) is 0 Å². The number of hydrogen-bond acceptors (Lipinski definition) is 1. The van der Waals surface area contributed by atoms with Crippen LogP contribution < -0.4 is 0 Å². The molecule has 0 heterocycles. The summed E-state index contributed by atoms with van der Waals surface area (Å²) >= 11 is 0. The summed E-state index contributed by atoms with van der Waals surface area (Å²) in [4.78, 5) is 0. The van der Waals surface area contributed by atoms with Crippen LogP contribution in [0.1, 0.15) is 18.9 Å². The van der Waals surface area contributed by atoms with E-state index in [2.05, 4.69) is 18.7 Å². The van der Waals surface area contributed by atoms with E-state index in [0.717, 1.165) is 12.8 Å². The quantitative estimate of drug-likeness (QED) is 0.281. The lowest BCUT2D eigenvalue weighted by atomic mass is 10.1. The van der Waals surface area contributed by atoms with Crippen LogP contribution in [0, 0.1) is 0 Å². The molecule has 0 fully saturated rings. The van der Waals surface area contributed by atoms with Gasteiger partial charge in [-0.2, -0.15) is 0 Å². The minimum atomic E-state index is -0.436. The van der Waals surface area contributed by atoms with E-state index in [1.165, 1.54) is 5.56 Å². The van der Waals surface area contributed by atoms with Gasteiger partial charge in [-0.25, -0.2) is 4.39 Å². The summed E-state index contributed by atoms with van der Waals surface area (Å²) in [6.07, 6.45) is 7.05. The number of alkyl halides is 1. The third kappa shape index (κ3) is 10.7. The van der Waals surface area contributed by atoms with E-state index in [1.807, 2.05) is 18.2 Å². The highest BCUT2D eigenvalue weighted by Crippen LogP contribution is 2.06. The number of benzene rings is 1. The number of aryl methyl sites for hydroxylation is 1. The molecule has 0 saturated carbocycles. The van der Waals surface area contributed by atoms with E-state index in [-0.39, 0.29) is 14.1 Å². The zero-order chi connectivity index (χ0) is 13.9. The zero-order valence-electron chi connectivity index (χ0n) is 12.7. The van der Waals surface area contributed by atoms with Crippen molar-refractivity contribution in [1.29, 1.82) is 0 Å². The second-order valence-electron chi connectivity index (χ2n) is 4.36. The van der Waals surface area contributed by atoms with Crippen molar-refractivity contribution in [1.82, 2.24) is 0 Å². The lowest BCUT2D eigenvalue weighted by Gasteiger charge is -2.06. The van der Waals surface area contributed by atoms with Crippen LogP contribution in [0.2, 0.25) is 0 Å². The third-order valence-electron chi connectivity index (χ3n) is 2.67. The molecule has 1 aromatic carbocycles. The number of hydrogen-bond donors (Lipinski definition) is 0. The number of halogens is 4. The average molecular weight is 320 g/mol. The molecule has 1 rings (SSSR count). The second kappa shape index (κ2) is 15.4. The van der Waals surface area contributed by atoms with Gasteiger partial charge in [0, 0.05) is 0 Å². The largest absolute Gasteiger partial charge is 0.494 e. The summed E-state index contributed by atoms with van der Waals surface area (Å²) in [5.74, 6) is 0.681. The van der Waals surface area contributed by atoms with Crippen LogP contribution in [-0.4, -0.2) is 13.3 Å². The van der Waals surface area contributed by atoms with Gasteiger partial charge in [-0.1, -0.05) is 43.0 Å². The van der Waals surface area contributed by atoms with Crippen LogP contribution in [0.3, 0.4) is 0 Å². The molecule has 22 heavy (non-hydrogen) atoms. The molecule has 0 aliphatic heterocycles. The SMILES string of the molecule is C=C/C(=C\C=C(\C)CF)OCCCc1ccccc1.F.F.F. The molecule has 0 amide bonds. The number of allylic oxidation sites excluding steroid dienone is 4. The molecule has 0 saturated heterocycles. The molecule has 0 N–H and O–H groups in total. The van der Waals surface area contributed by atoms with Crippen LogP contribution in [-0.2, 0) is 11.2 Å². The molecule has 126 valence electrons. The van der Waals surface area contributed by atoms with E-state index in [0.29, 0.717) is 17.9 Å². The first-order valence-corrected chi connectivity index (χ1v) is 6.49. The van der Waals surface area contributed by atoms with Crippen LogP contribution in [0.4, 0.5) is 18.5 Å². The highest BCUT2D eigenvalue weighted by atomic mass is 19.1. The van der Waals surface area contributed by atoms with Crippen molar-refractivity contribution in [3.05, 3.63) is 72.0 Å². The summed E-state index contributed by atoms with van der Waals surface area (Å²) in [6, 6.07) is 10.3. The highest BCUT2D eigenvalue weighted by Gasteiger charge is 1.95. The van der Waals surface area contributed by atoms with E-state index < -0.39 is 6.67 Å². The molecular formula is C17H24F4O. The van der Waals surface area contributed by atoms with Gasteiger partial charge in [-0.3, -0.25) is 14.1 Å². The Morgan fingerprint density at radius 1 is 1.14 bits per heavy atom. The summed E-state index contributed by atoms with van der Waals surface area (Å²) in [5.41, 5.74) is 1.98. The van der Waals surface area contributed by atoms with Gasteiger partial charge in [-0.05, 0) is 43.1 Å². The van der Waals surface area contributed by atoms with Crippen molar-refractivity contribution < 1.29 is 23.2 Å². The molecule has 1 nitrogen and oxygen atoms in total. The van der Waals surface area contributed by atoms with Crippen LogP contribution in [0.5, 0.6) is 0 Å². The van der Waals surface area contributed by atoms with Gasteiger partial charge in [0.1, 0.15) is 12.4 Å². The predicted octanol–water partition coefficient (Wildman–Crippen LogP) is 5.08. The Bertz CT molecular complexity index is 441. The fraction of sp³-hybridized carbons (Fsp3) is 0.294. The number of rotatable bonds is 8. The molecule has 5 heteroatoms. The average Bonchev–Trinajstić information content (AvgIpc) is 2.47. The maximum Gasteiger partial charge on any atom is 0.118 e. The Balaban J connectivity index is -0.00000120. The summed E-state index contributed by atoms with van der Waals surface area (Å²) < 4.78 is 17.9. The molecule has 0 aromatic heterocycles. The summed E-state index contributed by atoms with van der Waals surface area (Å²) in [6.45, 7) is 5.63. The van der Waals surface area contributed by atoms with E-state index in [4.69, 9.17) is 4.74 Å². The normalized spacial score (nSPS) is 10.6. The van der Waals surface area contributed by atoms with Crippen LogP contribution in [0.25, 0.3) is 0 Å². The van der Waals surface area contributed by atoms with Crippen molar-refractivity contribution in [3.8, 4) is 0 Å².